The van der Waals surface area contributed by atoms with E-state index in [1.807, 2.05) is 43.5 Å². The minimum atomic E-state index is -0.0311. The summed E-state index contributed by atoms with van der Waals surface area (Å²) >= 11 is 0. The number of carbonyl (C=O) groups excluding carboxylic acids is 1. The molecule has 5 heteroatoms. The second kappa shape index (κ2) is 6.89. The normalized spacial score (nSPS) is 30.5. The summed E-state index contributed by atoms with van der Waals surface area (Å²) in [7, 11) is 0. The van der Waals surface area contributed by atoms with E-state index < -0.39 is 0 Å². The van der Waals surface area contributed by atoms with Crippen LogP contribution in [-0.4, -0.2) is 42.2 Å². The number of pyridine rings is 1. The first-order valence-electron chi connectivity index (χ1n) is 10.3. The number of aryl methyl sites for hydroxylation is 1. The third-order valence-electron chi connectivity index (χ3n) is 6.77. The Labute approximate surface area is 166 Å². The Morgan fingerprint density at radius 3 is 3.00 bits per heavy atom. The second-order valence-electron chi connectivity index (χ2n) is 8.53. The van der Waals surface area contributed by atoms with Crippen molar-refractivity contribution < 1.29 is 9.53 Å². The average Bonchev–Trinajstić information content (AvgIpc) is 3.36. The van der Waals surface area contributed by atoms with Gasteiger partial charge in [-0.3, -0.25) is 9.78 Å². The maximum Gasteiger partial charge on any atom is 0.224 e. The summed E-state index contributed by atoms with van der Waals surface area (Å²) in [6, 6.07) is 14.2. The summed E-state index contributed by atoms with van der Waals surface area (Å²) in [5, 5.41) is 3.18. The number of ether oxygens (including phenoxy) is 1. The molecule has 3 aliphatic rings. The fraction of sp³-hybridized carbons (Fsp3) is 0.478. The predicted molar refractivity (Wildman–Crippen MR) is 108 cm³/mol. The molecule has 3 saturated heterocycles. The quantitative estimate of drug-likeness (QED) is 0.871. The lowest BCUT2D eigenvalue weighted by Crippen LogP contribution is -2.42. The third kappa shape index (κ3) is 3.08. The molecule has 1 aromatic heterocycles. The number of amides is 1. The molecule has 4 heterocycles. The van der Waals surface area contributed by atoms with Crippen LogP contribution in [0.25, 0.3) is 0 Å². The maximum absolute atomic E-state index is 12.4. The van der Waals surface area contributed by atoms with E-state index in [9.17, 15) is 4.79 Å². The highest BCUT2D eigenvalue weighted by Crippen LogP contribution is 2.55. The molecule has 28 heavy (non-hydrogen) atoms. The van der Waals surface area contributed by atoms with Crippen LogP contribution in [0.5, 0.6) is 0 Å². The van der Waals surface area contributed by atoms with Crippen LogP contribution < -0.4 is 10.2 Å². The van der Waals surface area contributed by atoms with Crippen LogP contribution in [0.3, 0.4) is 0 Å². The minimum Gasteiger partial charge on any atom is -0.369 e. The van der Waals surface area contributed by atoms with E-state index in [1.54, 1.807) is 0 Å². The summed E-state index contributed by atoms with van der Waals surface area (Å²) in [5.74, 6) is 0.987. The van der Waals surface area contributed by atoms with Gasteiger partial charge in [-0.25, -0.2) is 0 Å². The Kier molecular flexibility index (Phi) is 4.35. The highest BCUT2D eigenvalue weighted by atomic mass is 16.5. The van der Waals surface area contributed by atoms with Crippen molar-refractivity contribution in [3.8, 4) is 0 Å². The van der Waals surface area contributed by atoms with Crippen LogP contribution >= 0.6 is 0 Å². The third-order valence-corrected chi connectivity index (χ3v) is 6.77. The van der Waals surface area contributed by atoms with Gasteiger partial charge in [0.15, 0.2) is 0 Å². The molecular formula is C23H27N3O2. The number of hydrogen-bond acceptors (Lipinski definition) is 4. The highest BCUT2D eigenvalue weighted by Gasteiger charge is 2.62. The van der Waals surface area contributed by atoms with Crippen molar-refractivity contribution in [2.75, 3.05) is 24.5 Å². The first-order chi connectivity index (χ1) is 13.6. The largest absolute Gasteiger partial charge is 0.369 e. The number of hydrogen-bond donors (Lipinski definition) is 1. The zero-order chi connectivity index (χ0) is 19.1. The van der Waals surface area contributed by atoms with E-state index in [2.05, 4.69) is 27.3 Å². The molecule has 5 nitrogen and oxygen atoms in total. The Morgan fingerprint density at radius 1 is 1.32 bits per heavy atom. The van der Waals surface area contributed by atoms with E-state index in [4.69, 9.17) is 4.74 Å². The van der Waals surface area contributed by atoms with Crippen LogP contribution in [0.4, 0.5) is 5.69 Å². The smallest absolute Gasteiger partial charge is 0.224 e. The summed E-state index contributed by atoms with van der Waals surface area (Å²) in [6.45, 7) is 4.70. The van der Waals surface area contributed by atoms with Gasteiger partial charge < -0.3 is 15.0 Å². The van der Waals surface area contributed by atoms with Crippen LogP contribution in [-0.2, 0) is 16.0 Å². The maximum atomic E-state index is 12.4. The van der Waals surface area contributed by atoms with Gasteiger partial charge in [-0.2, -0.15) is 0 Å². The Bertz CT molecular complexity index is 871. The summed E-state index contributed by atoms with van der Waals surface area (Å²) in [4.78, 5) is 19.2. The average molecular weight is 377 g/mol. The van der Waals surface area contributed by atoms with Gasteiger partial charge >= 0.3 is 0 Å². The predicted octanol–water partition coefficient (Wildman–Crippen LogP) is 2.73. The van der Waals surface area contributed by atoms with Crippen molar-refractivity contribution in [2.45, 2.75) is 37.9 Å². The Morgan fingerprint density at radius 2 is 2.18 bits per heavy atom. The number of anilines is 1. The number of nitrogens with zero attached hydrogens (tertiary/aromatic N) is 2. The molecule has 4 atom stereocenters. The molecule has 1 N–H and O–H groups in total. The molecule has 1 amide bonds. The number of nitrogens with one attached hydrogen (secondary N) is 1. The first kappa shape index (κ1) is 17.7. The van der Waals surface area contributed by atoms with Crippen molar-refractivity contribution in [2.24, 2.45) is 11.8 Å². The van der Waals surface area contributed by atoms with E-state index in [-0.39, 0.29) is 11.5 Å². The number of carbonyl (C=O) groups is 1. The SMILES string of the molecule is Cc1cc(N2C[C@@H]3[C@H](CNC(=O)Cc4ccccc4)[C@H]4CC[C@]3(C2)O4)ccn1. The summed E-state index contributed by atoms with van der Waals surface area (Å²) < 4.78 is 6.52. The molecule has 0 radical (unpaired) electrons. The van der Waals surface area contributed by atoms with Crippen molar-refractivity contribution in [1.82, 2.24) is 10.3 Å². The number of fused-ring (bicyclic) bond motifs is 1. The molecule has 2 bridgehead atoms. The van der Waals surface area contributed by atoms with Crippen LogP contribution in [0, 0.1) is 18.8 Å². The van der Waals surface area contributed by atoms with Crippen molar-refractivity contribution in [3.63, 3.8) is 0 Å². The van der Waals surface area contributed by atoms with Gasteiger partial charge in [0.2, 0.25) is 5.91 Å². The fourth-order valence-electron chi connectivity index (χ4n) is 5.46. The monoisotopic (exact) mass is 377 g/mol. The molecule has 146 valence electrons. The number of rotatable bonds is 5. The second-order valence-corrected chi connectivity index (χ2v) is 8.53. The van der Waals surface area contributed by atoms with Gasteiger partial charge in [0.1, 0.15) is 0 Å². The van der Waals surface area contributed by atoms with Gasteiger partial charge in [0.25, 0.3) is 0 Å². The van der Waals surface area contributed by atoms with Gasteiger partial charge in [-0.15, -0.1) is 0 Å². The molecule has 3 fully saturated rings. The van der Waals surface area contributed by atoms with E-state index in [0.717, 1.165) is 37.2 Å². The van der Waals surface area contributed by atoms with Crippen molar-refractivity contribution in [3.05, 3.63) is 59.9 Å². The van der Waals surface area contributed by atoms with Crippen LogP contribution in [0.2, 0.25) is 0 Å². The first-order valence-corrected chi connectivity index (χ1v) is 10.3. The lowest BCUT2D eigenvalue weighted by molar-refractivity contribution is -0.120. The molecule has 1 aromatic carbocycles. The Balaban J connectivity index is 1.25. The fourth-order valence-corrected chi connectivity index (χ4v) is 5.46. The van der Waals surface area contributed by atoms with E-state index >= 15 is 0 Å². The standard InChI is InChI=1S/C23H27N3O2/c1-16-11-18(8-10-24-16)26-14-20-19(21-7-9-23(20,15-26)28-21)13-25-22(27)12-17-5-3-2-4-6-17/h2-6,8,10-11,19-21H,7,9,12-15H2,1H3,(H,25,27)/t19-,20+,21+,23+/m0/s1. The lowest BCUT2D eigenvalue weighted by atomic mass is 9.73. The van der Waals surface area contributed by atoms with E-state index in [1.165, 1.54) is 5.69 Å². The highest BCUT2D eigenvalue weighted by molar-refractivity contribution is 5.78. The molecule has 3 aliphatic heterocycles. The van der Waals surface area contributed by atoms with Crippen LogP contribution in [0.1, 0.15) is 24.1 Å². The van der Waals surface area contributed by atoms with Gasteiger partial charge in [-0.05, 0) is 37.5 Å². The zero-order valence-corrected chi connectivity index (χ0v) is 16.3. The van der Waals surface area contributed by atoms with Gasteiger partial charge in [0, 0.05) is 49.0 Å². The number of aromatic nitrogens is 1. The molecule has 0 unspecified atom stereocenters. The zero-order valence-electron chi connectivity index (χ0n) is 16.3. The molecular weight excluding hydrogens is 350 g/mol. The van der Waals surface area contributed by atoms with Crippen molar-refractivity contribution >= 4 is 11.6 Å². The lowest BCUT2D eigenvalue weighted by Gasteiger charge is -2.29. The van der Waals surface area contributed by atoms with Crippen molar-refractivity contribution in [1.29, 1.82) is 0 Å². The molecule has 0 aliphatic carbocycles. The Hall–Kier alpha value is -2.40. The minimum absolute atomic E-state index is 0.0311. The van der Waals surface area contributed by atoms with Gasteiger partial charge in [-0.1, -0.05) is 30.3 Å². The van der Waals surface area contributed by atoms with Crippen LogP contribution in [0.15, 0.2) is 48.7 Å². The molecule has 2 aromatic rings. The van der Waals surface area contributed by atoms with Gasteiger partial charge in [0.05, 0.1) is 18.1 Å². The van der Waals surface area contributed by atoms with E-state index in [0.29, 0.717) is 30.9 Å². The molecule has 5 rings (SSSR count). The summed E-state index contributed by atoms with van der Waals surface area (Å²) in [6.07, 6.45) is 4.87. The topological polar surface area (TPSA) is 54.5 Å². The summed E-state index contributed by atoms with van der Waals surface area (Å²) in [5.41, 5.74) is 3.30. The molecule has 1 spiro atoms. The molecule has 0 saturated carbocycles. The number of benzene rings is 1.